The summed E-state index contributed by atoms with van der Waals surface area (Å²) >= 11 is 6.52. The molecular weight excluding hydrogens is 529 g/mol. The van der Waals surface area contributed by atoms with Crippen molar-refractivity contribution < 1.29 is 18.8 Å². The summed E-state index contributed by atoms with van der Waals surface area (Å²) in [6.07, 6.45) is 5.72. The molecule has 0 saturated heterocycles. The van der Waals surface area contributed by atoms with Gasteiger partial charge in [-0.25, -0.2) is 9.37 Å². The monoisotopic (exact) mass is 553 g/mol. The second-order valence-electron chi connectivity index (χ2n) is 9.80. The average Bonchev–Trinajstić information content (AvgIpc) is 3.57. The van der Waals surface area contributed by atoms with Gasteiger partial charge in [-0.1, -0.05) is 23.7 Å². The third-order valence-electron chi connectivity index (χ3n) is 6.28. The maximum atomic E-state index is 14.4. The van der Waals surface area contributed by atoms with Crippen molar-refractivity contribution in [2.75, 3.05) is 5.32 Å². The van der Waals surface area contributed by atoms with Crippen molar-refractivity contribution in [2.45, 2.75) is 39.2 Å². The van der Waals surface area contributed by atoms with Gasteiger partial charge in [0.25, 0.3) is 11.5 Å². The number of nitriles is 1. The van der Waals surface area contributed by atoms with E-state index in [1.807, 2.05) is 0 Å². The van der Waals surface area contributed by atoms with Gasteiger partial charge in [0.1, 0.15) is 23.6 Å². The standard InChI is InChI=1S/C26H25ClFN7O4/c1-14(23-33-21(22(36)25(38)34(23)4)24(37)32-17-9-31-39-11-17)20(18-7-16(28)5-6-19(18)27)15-8-30-35(10-15)13-26(2,3)12-29/h5-11,14,20,36H,13H2,1-4H3,(H,32,37)/t14-,20+/m1/s1. The molecule has 3 aromatic heterocycles. The van der Waals surface area contributed by atoms with E-state index in [-0.39, 0.29) is 16.5 Å². The molecule has 4 aromatic rings. The van der Waals surface area contributed by atoms with E-state index in [1.165, 1.54) is 37.7 Å². The molecule has 0 unspecified atom stereocenters. The van der Waals surface area contributed by atoms with Crippen molar-refractivity contribution in [2.24, 2.45) is 12.5 Å². The zero-order chi connectivity index (χ0) is 28.5. The minimum atomic E-state index is -0.853. The highest BCUT2D eigenvalue weighted by Crippen LogP contribution is 2.41. The second-order valence-corrected chi connectivity index (χ2v) is 10.2. The summed E-state index contributed by atoms with van der Waals surface area (Å²) in [5, 5.41) is 30.5. The molecule has 11 nitrogen and oxygen atoms in total. The molecular formula is C26H25ClFN7O4. The Morgan fingerprint density at radius 3 is 2.77 bits per heavy atom. The van der Waals surface area contributed by atoms with Gasteiger partial charge in [-0.3, -0.25) is 18.8 Å². The molecule has 4 rings (SSSR count). The van der Waals surface area contributed by atoms with Gasteiger partial charge in [0.05, 0.1) is 30.4 Å². The minimum Gasteiger partial charge on any atom is -0.501 e. The van der Waals surface area contributed by atoms with E-state index in [1.54, 1.807) is 37.8 Å². The number of rotatable bonds is 8. The van der Waals surface area contributed by atoms with E-state index in [2.05, 4.69) is 26.6 Å². The average molecular weight is 554 g/mol. The van der Waals surface area contributed by atoms with Crippen LogP contribution in [0.4, 0.5) is 10.1 Å². The van der Waals surface area contributed by atoms with Gasteiger partial charge < -0.3 is 14.9 Å². The van der Waals surface area contributed by atoms with Crippen LogP contribution >= 0.6 is 11.6 Å². The summed E-state index contributed by atoms with van der Waals surface area (Å²) in [4.78, 5) is 30.2. The number of anilines is 1. The number of carbonyl (C=O) groups is 1. The van der Waals surface area contributed by atoms with E-state index < -0.39 is 46.0 Å². The summed E-state index contributed by atoms with van der Waals surface area (Å²) in [6, 6.07) is 6.17. The quantitative estimate of drug-likeness (QED) is 0.329. The zero-order valence-electron chi connectivity index (χ0n) is 21.5. The highest BCUT2D eigenvalue weighted by molar-refractivity contribution is 6.31. The highest BCUT2D eigenvalue weighted by Gasteiger charge is 2.32. The van der Waals surface area contributed by atoms with Gasteiger partial charge in [-0.15, -0.1) is 0 Å². The van der Waals surface area contributed by atoms with E-state index in [4.69, 9.17) is 16.1 Å². The van der Waals surface area contributed by atoms with Crippen molar-refractivity contribution in [1.82, 2.24) is 24.5 Å². The number of benzene rings is 1. The molecule has 0 aliphatic heterocycles. The van der Waals surface area contributed by atoms with Crippen molar-refractivity contribution in [3.05, 3.63) is 86.9 Å². The largest absolute Gasteiger partial charge is 0.501 e. The molecule has 2 atom stereocenters. The molecule has 1 amide bonds. The molecule has 0 radical (unpaired) electrons. The molecule has 0 fully saturated rings. The van der Waals surface area contributed by atoms with Crippen LogP contribution in [0.15, 0.2) is 52.4 Å². The van der Waals surface area contributed by atoms with Crippen molar-refractivity contribution in [3.8, 4) is 11.8 Å². The fourth-order valence-corrected chi connectivity index (χ4v) is 4.57. The Bertz CT molecular complexity index is 1620. The summed E-state index contributed by atoms with van der Waals surface area (Å²) in [5.74, 6) is -3.44. The van der Waals surface area contributed by atoms with Gasteiger partial charge >= 0.3 is 0 Å². The van der Waals surface area contributed by atoms with Gasteiger partial charge in [0, 0.05) is 30.1 Å². The van der Waals surface area contributed by atoms with E-state index in [0.717, 1.165) is 4.57 Å². The van der Waals surface area contributed by atoms with Gasteiger partial charge in [-0.05, 0) is 43.2 Å². The normalized spacial score (nSPS) is 13.1. The number of aromatic hydroxyl groups is 1. The first-order valence-electron chi connectivity index (χ1n) is 11.8. The van der Waals surface area contributed by atoms with Crippen LogP contribution in [-0.4, -0.2) is 35.5 Å². The predicted molar refractivity (Wildman–Crippen MR) is 139 cm³/mol. The van der Waals surface area contributed by atoms with Crippen LogP contribution in [0.3, 0.4) is 0 Å². The lowest BCUT2D eigenvalue weighted by Gasteiger charge is -2.26. The fraction of sp³-hybridized carbons (Fsp3) is 0.308. The molecule has 39 heavy (non-hydrogen) atoms. The Labute approximate surface area is 227 Å². The van der Waals surface area contributed by atoms with Crippen LogP contribution in [0.25, 0.3) is 0 Å². The number of hydrogen-bond acceptors (Lipinski definition) is 8. The molecule has 0 aliphatic rings. The first-order valence-corrected chi connectivity index (χ1v) is 12.2. The van der Waals surface area contributed by atoms with Crippen molar-refractivity contribution >= 4 is 23.2 Å². The van der Waals surface area contributed by atoms with Gasteiger partial charge in [-0.2, -0.15) is 10.4 Å². The molecule has 3 heterocycles. The van der Waals surface area contributed by atoms with Crippen LogP contribution < -0.4 is 10.9 Å². The van der Waals surface area contributed by atoms with Crippen LogP contribution in [0, 0.1) is 22.6 Å². The summed E-state index contributed by atoms with van der Waals surface area (Å²) < 4.78 is 21.8. The molecule has 0 bridgehead atoms. The Morgan fingerprint density at radius 2 is 2.10 bits per heavy atom. The second kappa shape index (κ2) is 10.7. The van der Waals surface area contributed by atoms with Gasteiger partial charge in [0.2, 0.25) is 5.75 Å². The molecule has 2 N–H and O–H groups in total. The third kappa shape index (κ3) is 5.68. The molecule has 202 valence electrons. The van der Waals surface area contributed by atoms with Crippen molar-refractivity contribution in [3.63, 3.8) is 0 Å². The molecule has 0 aliphatic carbocycles. The van der Waals surface area contributed by atoms with Crippen LogP contribution in [0.5, 0.6) is 5.75 Å². The van der Waals surface area contributed by atoms with E-state index in [0.29, 0.717) is 17.7 Å². The van der Waals surface area contributed by atoms with Crippen LogP contribution in [0.2, 0.25) is 5.02 Å². The summed E-state index contributed by atoms with van der Waals surface area (Å²) in [5.41, 5.74) is -0.832. The lowest BCUT2D eigenvalue weighted by Crippen LogP contribution is -2.29. The Morgan fingerprint density at radius 1 is 1.36 bits per heavy atom. The minimum absolute atomic E-state index is 0.128. The van der Waals surface area contributed by atoms with Gasteiger partial charge in [0.15, 0.2) is 5.69 Å². The number of nitrogens with zero attached hydrogens (tertiary/aromatic N) is 6. The molecule has 1 aromatic carbocycles. The van der Waals surface area contributed by atoms with Crippen LogP contribution in [0.1, 0.15) is 60.0 Å². The Kier molecular flexibility index (Phi) is 7.56. The first-order chi connectivity index (χ1) is 18.4. The number of carbonyl (C=O) groups excluding carboxylic acids is 1. The van der Waals surface area contributed by atoms with E-state index in [9.17, 15) is 24.3 Å². The number of halogens is 2. The molecule has 0 saturated carbocycles. The smallest absolute Gasteiger partial charge is 0.296 e. The SMILES string of the molecule is C[C@@H](c1nc(C(=O)Nc2cnoc2)c(O)c(=O)n1C)[C@@H](c1cnn(CC(C)(C)C#N)c1)c1cc(F)ccc1Cl. The Hall–Kier alpha value is -4.50. The fourth-order valence-electron chi connectivity index (χ4n) is 4.34. The van der Waals surface area contributed by atoms with Crippen LogP contribution in [-0.2, 0) is 13.6 Å². The summed E-state index contributed by atoms with van der Waals surface area (Å²) in [6.45, 7) is 5.59. The number of hydrogen-bond donors (Lipinski definition) is 2. The lowest BCUT2D eigenvalue weighted by atomic mass is 9.82. The first kappa shape index (κ1) is 27.5. The maximum absolute atomic E-state index is 14.4. The highest BCUT2D eigenvalue weighted by atomic mass is 35.5. The number of amides is 1. The predicted octanol–water partition coefficient (Wildman–Crippen LogP) is 4.20. The Balaban J connectivity index is 1.84. The maximum Gasteiger partial charge on any atom is 0.296 e. The lowest BCUT2D eigenvalue weighted by molar-refractivity contribution is 0.101. The molecule has 0 spiro atoms. The van der Waals surface area contributed by atoms with E-state index >= 15 is 0 Å². The third-order valence-corrected chi connectivity index (χ3v) is 6.62. The zero-order valence-corrected chi connectivity index (χ0v) is 22.3. The number of aromatic nitrogens is 5. The topological polar surface area (TPSA) is 152 Å². The van der Waals surface area contributed by atoms with Crippen molar-refractivity contribution in [1.29, 1.82) is 5.26 Å². The summed E-state index contributed by atoms with van der Waals surface area (Å²) in [7, 11) is 1.41. The number of nitrogens with one attached hydrogen (secondary N) is 1. The molecule has 13 heteroatoms.